The minimum absolute atomic E-state index is 0.307. The quantitative estimate of drug-likeness (QED) is 0.903. The van der Waals surface area contributed by atoms with Crippen molar-refractivity contribution in [3.63, 3.8) is 0 Å². The Bertz CT molecular complexity index is 389. The highest BCUT2D eigenvalue weighted by Crippen LogP contribution is 2.29. The van der Waals surface area contributed by atoms with Crippen molar-refractivity contribution in [2.75, 3.05) is 11.6 Å². The van der Waals surface area contributed by atoms with Gasteiger partial charge in [-0.25, -0.2) is 9.37 Å². The molecule has 0 saturated heterocycles. The molecule has 2 nitrogen and oxygen atoms in total. The van der Waals surface area contributed by atoms with Gasteiger partial charge in [-0.2, -0.15) is 11.8 Å². The van der Waals surface area contributed by atoms with Gasteiger partial charge in [0.25, 0.3) is 0 Å². The van der Waals surface area contributed by atoms with Gasteiger partial charge in [0.05, 0.1) is 5.02 Å². The van der Waals surface area contributed by atoms with E-state index in [-0.39, 0.29) is 5.82 Å². The third kappa shape index (κ3) is 3.26. The van der Waals surface area contributed by atoms with Crippen molar-refractivity contribution < 1.29 is 4.39 Å². The maximum atomic E-state index is 13.6. The predicted molar refractivity (Wildman–Crippen MR) is 72.4 cm³/mol. The number of pyridine rings is 1. The van der Waals surface area contributed by atoms with E-state index in [1.54, 1.807) is 0 Å². The van der Waals surface area contributed by atoms with E-state index in [9.17, 15) is 4.39 Å². The van der Waals surface area contributed by atoms with Crippen molar-refractivity contribution in [2.45, 2.75) is 37.0 Å². The van der Waals surface area contributed by atoms with Crippen LogP contribution in [0.3, 0.4) is 0 Å². The van der Waals surface area contributed by atoms with Gasteiger partial charge in [-0.1, -0.05) is 24.4 Å². The molecular weight excluding hydrogens is 259 g/mol. The summed E-state index contributed by atoms with van der Waals surface area (Å²) in [5, 5.41) is 4.09. The molecule has 2 atom stereocenters. The fraction of sp³-hybridized carbons (Fsp3) is 0.583. The third-order valence-electron chi connectivity index (χ3n) is 3.14. The van der Waals surface area contributed by atoms with Crippen LogP contribution in [0, 0.1) is 5.82 Å². The minimum atomic E-state index is -0.372. The van der Waals surface area contributed by atoms with Gasteiger partial charge in [0.2, 0.25) is 0 Å². The molecule has 1 heterocycles. The number of nitrogens with one attached hydrogen (secondary N) is 1. The van der Waals surface area contributed by atoms with E-state index in [1.165, 1.54) is 31.5 Å². The molecule has 1 fully saturated rings. The Labute approximate surface area is 110 Å². The van der Waals surface area contributed by atoms with Crippen molar-refractivity contribution in [1.29, 1.82) is 0 Å². The van der Waals surface area contributed by atoms with Crippen LogP contribution in [0.1, 0.15) is 25.7 Å². The van der Waals surface area contributed by atoms with E-state index in [1.807, 2.05) is 11.8 Å². The van der Waals surface area contributed by atoms with Crippen molar-refractivity contribution in [3.05, 3.63) is 23.1 Å². The van der Waals surface area contributed by atoms with Crippen LogP contribution in [-0.2, 0) is 0 Å². The highest BCUT2D eigenvalue weighted by atomic mass is 35.5. The number of anilines is 1. The maximum absolute atomic E-state index is 13.6. The fourth-order valence-electron chi connectivity index (χ4n) is 2.24. The topological polar surface area (TPSA) is 24.9 Å². The first-order valence-corrected chi connectivity index (χ1v) is 7.47. The number of halogens is 2. The average Bonchev–Trinajstić information content (AvgIpc) is 2.33. The van der Waals surface area contributed by atoms with E-state index in [2.05, 4.69) is 16.6 Å². The van der Waals surface area contributed by atoms with Gasteiger partial charge in [-0.3, -0.25) is 0 Å². The van der Waals surface area contributed by atoms with Crippen LogP contribution in [0.5, 0.6) is 0 Å². The highest BCUT2D eigenvalue weighted by molar-refractivity contribution is 7.99. The van der Waals surface area contributed by atoms with E-state index < -0.39 is 0 Å². The molecule has 0 bridgehead atoms. The highest BCUT2D eigenvalue weighted by Gasteiger charge is 2.25. The fourth-order valence-corrected chi connectivity index (χ4v) is 3.32. The minimum Gasteiger partial charge on any atom is -0.364 e. The van der Waals surface area contributed by atoms with Crippen LogP contribution in [0.25, 0.3) is 0 Å². The average molecular weight is 275 g/mol. The Morgan fingerprint density at radius 3 is 2.94 bits per heavy atom. The number of nitrogens with zero attached hydrogens (tertiary/aromatic N) is 1. The molecule has 0 spiro atoms. The Kier molecular flexibility index (Phi) is 4.51. The molecule has 1 aromatic heterocycles. The van der Waals surface area contributed by atoms with E-state index in [4.69, 9.17) is 11.6 Å². The molecule has 5 heteroatoms. The number of thioether (sulfide) groups is 1. The Hall–Kier alpha value is -0.480. The van der Waals surface area contributed by atoms with Gasteiger partial charge < -0.3 is 5.32 Å². The lowest BCUT2D eigenvalue weighted by Gasteiger charge is -2.31. The zero-order valence-electron chi connectivity index (χ0n) is 9.75. The van der Waals surface area contributed by atoms with Gasteiger partial charge in [0, 0.05) is 17.5 Å². The lowest BCUT2D eigenvalue weighted by atomic mass is 9.95. The van der Waals surface area contributed by atoms with E-state index >= 15 is 0 Å². The summed E-state index contributed by atoms with van der Waals surface area (Å²) in [6.45, 7) is 0. The molecule has 1 saturated carbocycles. The Morgan fingerprint density at radius 1 is 1.47 bits per heavy atom. The molecule has 17 heavy (non-hydrogen) atoms. The van der Waals surface area contributed by atoms with Crippen LogP contribution in [0.15, 0.2) is 12.3 Å². The Morgan fingerprint density at radius 2 is 2.24 bits per heavy atom. The molecule has 1 aliphatic rings. The van der Waals surface area contributed by atoms with Crippen molar-refractivity contribution >= 4 is 29.2 Å². The van der Waals surface area contributed by atoms with Crippen molar-refractivity contribution in [2.24, 2.45) is 0 Å². The summed E-state index contributed by atoms with van der Waals surface area (Å²) in [5.41, 5.74) is 0. The third-order valence-corrected chi connectivity index (χ3v) is 4.51. The number of hydrogen-bond acceptors (Lipinski definition) is 3. The molecular formula is C12H16ClFN2S. The first kappa shape index (κ1) is 13.0. The van der Waals surface area contributed by atoms with Crippen LogP contribution < -0.4 is 5.32 Å². The molecule has 2 unspecified atom stereocenters. The normalized spacial score (nSPS) is 24.6. The lowest BCUT2D eigenvalue weighted by Crippen LogP contribution is -2.34. The summed E-state index contributed by atoms with van der Waals surface area (Å²) in [6.07, 6.45) is 8.31. The summed E-state index contributed by atoms with van der Waals surface area (Å²) >= 11 is 7.52. The first-order chi connectivity index (χ1) is 8.20. The summed E-state index contributed by atoms with van der Waals surface area (Å²) in [6, 6.07) is 1.61. The molecule has 2 rings (SSSR count). The van der Waals surface area contributed by atoms with Crippen LogP contribution >= 0.6 is 23.4 Å². The van der Waals surface area contributed by atoms with Crippen molar-refractivity contribution in [1.82, 2.24) is 4.98 Å². The van der Waals surface area contributed by atoms with Gasteiger partial charge in [0.15, 0.2) is 11.6 Å². The Balaban J connectivity index is 2.08. The number of hydrogen-bond donors (Lipinski definition) is 1. The summed E-state index contributed by atoms with van der Waals surface area (Å²) in [7, 11) is 0. The van der Waals surface area contributed by atoms with Gasteiger partial charge in [-0.15, -0.1) is 0 Å². The standard InChI is InChI=1S/C12H16ClFN2S/c1-17-11-5-3-2-4-10(11)16-12-9(14)6-8(13)7-15-12/h6-7,10-11H,2-5H2,1H3,(H,15,16). The first-order valence-electron chi connectivity index (χ1n) is 5.81. The largest absolute Gasteiger partial charge is 0.364 e. The molecule has 1 aromatic rings. The molecule has 1 N–H and O–H groups in total. The molecule has 0 aliphatic heterocycles. The number of aromatic nitrogens is 1. The lowest BCUT2D eigenvalue weighted by molar-refractivity contribution is 0.471. The van der Waals surface area contributed by atoms with Crippen molar-refractivity contribution in [3.8, 4) is 0 Å². The van der Waals surface area contributed by atoms with E-state index in [0.717, 1.165) is 6.42 Å². The number of rotatable bonds is 3. The smallest absolute Gasteiger partial charge is 0.166 e. The zero-order chi connectivity index (χ0) is 12.3. The second-order valence-corrected chi connectivity index (χ2v) is 5.81. The zero-order valence-corrected chi connectivity index (χ0v) is 11.3. The summed E-state index contributed by atoms with van der Waals surface area (Å²) < 4.78 is 13.6. The molecule has 0 amide bonds. The van der Waals surface area contributed by atoms with Gasteiger partial charge >= 0.3 is 0 Å². The molecule has 0 aromatic carbocycles. The molecule has 1 aliphatic carbocycles. The summed E-state index contributed by atoms with van der Waals surface area (Å²) in [4.78, 5) is 4.01. The maximum Gasteiger partial charge on any atom is 0.166 e. The van der Waals surface area contributed by atoms with Gasteiger partial charge in [0.1, 0.15) is 0 Å². The van der Waals surface area contributed by atoms with Gasteiger partial charge in [-0.05, 0) is 25.2 Å². The van der Waals surface area contributed by atoms with Crippen LogP contribution in [-0.4, -0.2) is 22.5 Å². The molecule has 0 radical (unpaired) electrons. The molecule has 94 valence electrons. The second-order valence-electron chi connectivity index (χ2n) is 4.29. The SMILES string of the molecule is CSC1CCCCC1Nc1ncc(Cl)cc1F. The van der Waals surface area contributed by atoms with E-state index in [0.29, 0.717) is 22.1 Å². The summed E-state index contributed by atoms with van der Waals surface area (Å²) in [5.74, 6) is -0.0525. The monoisotopic (exact) mass is 274 g/mol. The van der Waals surface area contributed by atoms with Crippen LogP contribution in [0.2, 0.25) is 5.02 Å². The second kappa shape index (κ2) is 5.91. The predicted octanol–water partition coefficient (Wildman–Crippen LogP) is 3.96. The van der Waals surface area contributed by atoms with Crippen LogP contribution in [0.4, 0.5) is 10.2 Å².